The van der Waals surface area contributed by atoms with Crippen molar-refractivity contribution >= 4 is 33.4 Å². The third-order valence-electron chi connectivity index (χ3n) is 4.83. The smallest absolute Gasteiger partial charge is 0.338 e. The van der Waals surface area contributed by atoms with E-state index in [1.54, 1.807) is 6.07 Å². The van der Waals surface area contributed by atoms with Gasteiger partial charge in [-0.2, -0.15) is 0 Å². The van der Waals surface area contributed by atoms with Crippen LogP contribution in [0.15, 0.2) is 53.4 Å². The summed E-state index contributed by atoms with van der Waals surface area (Å²) in [6.45, 7) is 5.21. The number of esters is 1. The fourth-order valence-corrected chi connectivity index (χ4v) is 4.35. The summed E-state index contributed by atoms with van der Waals surface area (Å²) in [6, 6.07) is 13.2. The number of primary sulfonamides is 1. The molecule has 0 amide bonds. The Labute approximate surface area is 185 Å². The van der Waals surface area contributed by atoms with Gasteiger partial charge in [0, 0.05) is 22.6 Å². The van der Waals surface area contributed by atoms with Gasteiger partial charge in [-0.25, -0.2) is 18.4 Å². The van der Waals surface area contributed by atoms with Crippen molar-refractivity contribution in [1.29, 1.82) is 0 Å². The average Bonchev–Trinajstić information content (AvgIpc) is 3.00. The lowest BCUT2D eigenvalue weighted by molar-refractivity contribution is 0.0474. The minimum atomic E-state index is -4.11. The third-order valence-corrected chi connectivity index (χ3v) is 6.22. The zero-order valence-corrected chi connectivity index (χ0v) is 18.8. The summed E-state index contributed by atoms with van der Waals surface area (Å²) in [5.74, 6) is -1.23. The van der Waals surface area contributed by atoms with Crippen LogP contribution in [-0.4, -0.2) is 31.3 Å². The van der Waals surface area contributed by atoms with E-state index in [9.17, 15) is 18.0 Å². The van der Waals surface area contributed by atoms with Crippen molar-refractivity contribution in [3.05, 3.63) is 81.6 Å². The molecular formula is C22H21ClN2O5S. The predicted octanol–water partition coefficient (Wildman–Crippen LogP) is 3.74. The van der Waals surface area contributed by atoms with Crippen molar-refractivity contribution in [2.75, 3.05) is 6.61 Å². The van der Waals surface area contributed by atoms with Gasteiger partial charge in [0.1, 0.15) is 4.90 Å². The van der Waals surface area contributed by atoms with Crippen molar-refractivity contribution in [2.45, 2.75) is 25.7 Å². The molecule has 0 bridgehead atoms. The first kappa shape index (κ1) is 22.7. The molecule has 1 aromatic heterocycles. The summed E-state index contributed by atoms with van der Waals surface area (Å²) in [6.07, 6.45) is 0. The standard InChI is InChI=1S/C22H21ClN2O5S/c1-13-4-7-17(8-5-13)25-14(2)10-18(15(25)3)20(26)12-30-22(27)16-6-9-19(23)21(11-16)31(24,28)29/h4-11H,12H2,1-3H3,(H2,24,28,29). The van der Waals surface area contributed by atoms with Crippen molar-refractivity contribution < 1.29 is 22.7 Å². The van der Waals surface area contributed by atoms with Crippen molar-refractivity contribution in [2.24, 2.45) is 5.14 Å². The Morgan fingerprint density at radius 2 is 1.68 bits per heavy atom. The van der Waals surface area contributed by atoms with E-state index in [0.717, 1.165) is 28.7 Å². The van der Waals surface area contributed by atoms with Gasteiger partial charge in [0.15, 0.2) is 6.61 Å². The molecule has 0 unspecified atom stereocenters. The fourth-order valence-electron chi connectivity index (χ4n) is 3.28. The molecule has 0 radical (unpaired) electrons. The largest absolute Gasteiger partial charge is 0.454 e. The summed E-state index contributed by atoms with van der Waals surface area (Å²) in [4.78, 5) is 24.6. The Kier molecular flexibility index (Phi) is 6.35. The Balaban J connectivity index is 1.78. The van der Waals surface area contributed by atoms with Crippen LogP contribution in [0.4, 0.5) is 0 Å². The maximum Gasteiger partial charge on any atom is 0.338 e. The van der Waals surface area contributed by atoms with Gasteiger partial charge in [-0.1, -0.05) is 29.3 Å². The number of nitrogens with zero attached hydrogens (tertiary/aromatic N) is 1. The Hall–Kier alpha value is -2.94. The molecule has 3 aromatic rings. The summed E-state index contributed by atoms with van der Waals surface area (Å²) >= 11 is 5.82. The number of carbonyl (C=O) groups excluding carboxylic acids is 2. The quantitative estimate of drug-likeness (QED) is 0.445. The van der Waals surface area contributed by atoms with Crippen molar-refractivity contribution in [1.82, 2.24) is 4.57 Å². The molecule has 0 saturated heterocycles. The molecule has 0 aliphatic rings. The molecular weight excluding hydrogens is 440 g/mol. The van der Waals surface area contributed by atoms with Crippen LogP contribution in [0.5, 0.6) is 0 Å². The first-order valence-corrected chi connectivity index (χ1v) is 11.2. The molecule has 0 spiro atoms. The van der Waals surface area contributed by atoms with E-state index < -0.39 is 27.5 Å². The summed E-state index contributed by atoms with van der Waals surface area (Å²) in [7, 11) is -4.11. The number of ketones is 1. The molecule has 31 heavy (non-hydrogen) atoms. The van der Waals surface area contributed by atoms with Crippen LogP contribution in [-0.2, 0) is 14.8 Å². The highest BCUT2D eigenvalue weighted by Crippen LogP contribution is 2.23. The molecule has 0 aliphatic heterocycles. The molecule has 0 aliphatic carbocycles. The van der Waals surface area contributed by atoms with Gasteiger partial charge in [-0.05, 0) is 57.2 Å². The topological polar surface area (TPSA) is 108 Å². The van der Waals surface area contributed by atoms with Crippen molar-refractivity contribution in [3.63, 3.8) is 0 Å². The molecule has 7 nitrogen and oxygen atoms in total. The molecule has 2 N–H and O–H groups in total. The van der Waals surface area contributed by atoms with Crippen LogP contribution in [0.1, 0.15) is 37.7 Å². The summed E-state index contributed by atoms with van der Waals surface area (Å²) in [5, 5.41) is 4.98. The van der Waals surface area contributed by atoms with Crippen molar-refractivity contribution in [3.8, 4) is 5.69 Å². The van der Waals surface area contributed by atoms with Gasteiger partial charge in [0.2, 0.25) is 15.8 Å². The van der Waals surface area contributed by atoms with Crippen LogP contribution in [0.25, 0.3) is 5.69 Å². The number of nitrogens with two attached hydrogens (primary N) is 1. The van der Waals surface area contributed by atoms with E-state index in [1.165, 1.54) is 12.1 Å². The summed E-state index contributed by atoms with van der Waals surface area (Å²) < 4.78 is 30.2. The number of benzene rings is 2. The predicted molar refractivity (Wildman–Crippen MR) is 117 cm³/mol. The first-order chi connectivity index (χ1) is 14.5. The maximum atomic E-state index is 12.7. The van der Waals surface area contributed by atoms with E-state index in [1.807, 2.05) is 49.6 Å². The number of hydrogen-bond donors (Lipinski definition) is 1. The Morgan fingerprint density at radius 3 is 2.29 bits per heavy atom. The van der Waals surface area contributed by atoms with E-state index in [2.05, 4.69) is 0 Å². The monoisotopic (exact) mass is 460 g/mol. The van der Waals surface area contributed by atoms with Crippen LogP contribution in [0.2, 0.25) is 5.02 Å². The second kappa shape index (κ2) is 8.66. The highest BCUT2D eigenvalue weighted by Gasteiger charge is 2.20. The Bertz CT molecular complexity index is 1280. The molecule has 0 fully saturated rings. The molecule has 3 rings (SSSR count). The molecule has 0 saturated carbocycles. The molecule has 0 atom stereocenters. The van der Waals surface area contributed by atoms with Gasteiger partial charge in [-0.15, -0.1) is 0 Å². The number of carbonyl (C=O) groups is 2. The van der Waals surface area contributed by atoms with Crippen LogP contribution >= 0.6 is 11.6 Å². The lowest BCUT2D eigenvalue weighted by atomic mass is 10.1. The number of ether oxygens (including phenoxy) is 1. The van der Waals surface area contributed by atoms with Gasteiger partial charge < -0.3 is 9.30 Å². The third kappa shape index (κ3) is 4.87. The maximum absolute atomic E-state index is 12.7. The highest BCUT2D eigenvalue weighted by molar-refractivity contribution is 7.89. The van der Waals surface area contributed by atoms with E-state index in [0.29, 0.717) is 5.56 Å². The average molecular weight is 461 g/mol. The minimum absolute atomic E-state index is 0.0775. The number of aromatic nitrogens is 1. The number of aryl methyl sites for hydroxylation is 2. The summed E-state index contributed by atoms with van der Waals surface area (Å²) in [5.41, 5.74) is 4.01. The zero-order chi connectivity index (χ0) is 22.9. The lowest BCUT2D eigenvalue weighted by Crippen LogP contribution is -2.17. The SMILES string of the molecule is Cc1ccc(-n2c(C)cc(C(=O)COC(=O)c3ccc(Cl)c(S(N)(=O)=O)c3)c2C)cc1. The highest BCUT2D eigenvalue weighted by atomic mass is 35.5. The van der Waals surface area contributed by atoms with E-state index in [4.69, 9.17) is 21.5 Å². The normalized spacial score (nSPS) is 11.4. The second-order valence-corrected chi connectivity index (χ2v) is 9.08. The number of sulfonamides is 1. The van der Waals surface area contributed by atoms with Gasteiger partial charge in [-0.3, -0.25) is 4.79 Å². The van der Waals surface area contributed by atoms with Gasteiger partial charge in [0.05, 0.1) is 10.6 Å². The molecule has 9 heteroatoms. The number of Topliss-reactive ketones (excluding diaryl/α,β-unsaturated/α-hetero) is 1. The fraction of sp³-hybridized carbons (Fsp3) is 0.182. The molecule has 2 aromatic carbocycles. The molecule has 1 heterocycles. The van der Waals surface area contributed by atoms with Crippen LogP contribution < -0.4 is 5.14 Å². The van der Waals surface area contributed by atoms with Crippen LogP contribution in [0, 0.1) is 20.8 Å². The van der Waals surface area contributed by atoms with Crippen LogP contribution in [0.3, 0.4) is 0 Å². The van der Waals surface area contributed by atoms with E-state index >= 15 is 0 Å². The zero-order valence-electron chi connectivity index (χ0n) is 17.2. The second-order valence-electron chi connectivity index (χ2n) is 7.15. The minimum Gasteiger partial charge on any atom is -0.454 e. The lowest BCUT2D eigenvalue weighted by Gasteiger charge is -2.10. The number of rotatable bonds is 6. The first-order valence-electron chi connectivity index (χ1n) is 9.27. The van der Waals surface area contributed by atoms with Gasteiger partial charge in [0.25, 0.3) is 0 Å². The molecule has 162 valence electrons. The number of hydrogen-bond acceptors (Lipinski definition) is 5. The van der Waals surface area contributed by atoms with E-state index in [-0.39, 0.29) is 16.4 Å². The Morgan fingerprint density at radius 1 is 1.03 bits per heavy atom. The number of halogens is 1. The van der Waals surface area contributed by atoms with Gasteiger partial charge >= 0.3 is 5.97 Å².